The molecule has 0 amide bonds. The number of halogens is 2. The average molecular weight is 255 g/mol. The molecule has 0 radical (unpaired) electrons. The lowest BCUT2D eigenvalue weighted by atomic mass is 10.2. The zero-order valence-corrected chi connectivity index (χ0v) is 11.5. The van der Waals surface area contributed by atoms with Crippen molar-refractivity contribution in [3.63, 3.8) is 0 Å². The van der Waals surface area contributed by atoms with Crippen molar-refractivity contribution >= 4 is 23.2 Å². The van der Waals surface area contributed by atoms with Gasteiger partial charge in [-0.15, -0.1) is 23.2 Å². The molecule has 0 N–H and O–H groups in total. The fourth-order valence-electron chi connectivity index (χ4n) is 1.34. The van der Waals surface area contributed by atoms with Crippen LogP contribution in [-0.4, -0.2) is 24.0 Å². The van der Waals surface area contributed by atoms with E-state index in [-0.39, 0.29) is 10.8 Å². The first-order chi connectivity index (χ1) is 7.20. The van der Waals surface area contributed by atoms with Crippen molar-refractivity contribution in [2.45, 2.75) is 63.1 Å². The Hall–Kier alpha value is 0.540. The number of ether oxygens (including phenoxy) is 1. The van der Waals surface area contributed by atoms with Crippen LogP contribution in [0.2, 0.25) is 0 Å². The smallest absolute Gasteiger partial charge is 0.0630 e. The summed E-state index contributed by atoms with van der Waals surface area (Å²) in [6, 6.07) is 0. The molecule has 0 heterocycles. The molecule has 0 saturated carbocycles. The topological polar surface area (TPSA) is 9.23 Å². The number of alkyl halides is 2. The molecule has 0 aromatic heterocycles. The van der Waals surface area contributed by atoms with Crippen LogP contribution in [-0.2, 0) is 4.74 Å². The molecule has 0 rings (SSSR count). The zero-order valence-electron chi connectivity index (χ0n) is 9.98. The second-order valence-corrected chi connectivity index (χ2v) is 5.25. The van der Waals surface area contributed by atoms with E-state index < -0.39 is 0 Å². The molecule has 0 bridgehead atoms. The average Bonchev–Trinajstić information content (AvgIpc) is 2.23. The van der Waals surface area contributed by atoms with Gasteiger partial charge >= 0.3 is 0 Å². The van der Waals surface area contributed by atoms with Gasteiger partial charge in [-0.25, -0.2) is 0 Å². The zero-order chi connectivity index (χ0) is 11.5. The summed E-state index contributed by atoms with van der Waals surface area (Å²) in [6.45, 7) is 5.61. The summed E-state index contributed by atoms with van der Waals surface area (Å²) in [6.07, 6.45) is 6.82. The third kappa shape index (κ3) is 10.8. The minimum Gasteiger partial charge on any atom is -0.378 e. The van der Waals surface area contributed by atoms with Crippen LogP contribution in [0.1, 0.15) is 52.4 Å². The predicted octanol–water partition coefficient (Wildman–Crippen LogP) is 4.60. The number of hydrogen-bond acceptors (Lipinski definition) is 1. The van der Waals surface area contributed by atoms with E-state index in [4.69, 9.17) is 27.9 Å². The van der Waals surface area contributed by atoms with Crippen LogP contribution in [0.15, 0.2) is 0 Å². The molecule has 0 aliphatic carbocycles. The molecule has 0 aromatic rings. The lowest BCUT2D eigenvalue weighted by Gasteiger charge is -2.12. The third-order valence-corrected chi connectivity index (χ3v) is 3.03. The fraction of sp³-hybridized carbons (Fsp3) is 1.00. The quantitative estimate of drug-likeness (QED) is 0.518. The summed E-state index contributed by atoms with van der Waals surface area (Å²) in [5.41, 5.74) is 0. The van der Waals surface area contributed by atoms with E-state index in [9.17, 15) is 0 Å². The first-order valence-electron chi connectivity index (χ1n) is 6.06. The van der Waals surface area contributed by atoms with Gasteiger partial charge in [0.15, 0.2) is 0 Å². The van der Waals surface area contributed by atoms with Gasteiger partial charge in [0, 0.05) is 0 Å². The highest BCUT2D eigenvalue weighted by Gasteiger charge is 2.07. The molecule has 2 atom stereocenters. The van der Waals surface area contributed by atoms with E-state index in [1.165, 1.54) is 25.7 Å². The third-order valence-electron chi connectivity index (χ3n) is 2.34. The standard InChI is InChI=1S/C12H24Cl2O/c1-3-5-7-11(13)9-15-10-12(14)8-6-4-2/h11-12H,3-10H2,1-2H3. The summed E-state index contributed by atoms with van der Waals surface area (Å²) in [7, 11) is 0. The molecule has 0 fully saturated rings. The van der Waals surface area contributed by atoms with Crippen LogP contribution in [0, 0.1) is 0 Å². The van der Waals surface area contributed by atoms with Crippen LogP contribution < -0.4 is 0 Å². The normalized spacial score (nSPS) is 15.2. The first-order valence-corrected chi connectivity index (χ1v) is 6.93. The molecular weight excluding hydrogens is 231 g/mol. The Kier molecular flexibility index (Phi) is 11.4. The monoisotopic (exact) mass is 254 g/mol. The van der Waals surface area contributed by atoms with Gasteiger partial charge < -0.3 is 4.74 Å². The van der Waals surface area contributed by atoms with Crippen molar-refractivity contribution in [1.82, 2.24) is 0 Å². The van der Waals surface area contributed by atoms with Crippen molar-refractivity contribution < 1.29 is 4.74 Å². The van der Waals surface area contributed by atoms with Crippen LogP contribution in [0.5, 0.6) is 0 Å². The largest absolute Gasteiger partial charge is 0.378 e. The van der Waals surface area contributed by atoms with Gasteiger partial charge in [-0.2, -0.15) is 0 Å². The van der Waals surface area contributed by atoms with E-state index in [1.54, 1.807) is 0 Å². The molecular formula is C12H24Cl2O. The van der Waals surface area contributed by atoms with Crippen LogP contribution >= 0.6 is 23.2 Å². The molecule has 1 nitrogen and oxygen atoms in total. The lowest BCUT2D eigenvalue weighted by molar-refractivity contribution is 0.130. The number of hydrogen-bond donors (Lipinski definition) is 0. The molecule has 0 saturated heterocycles. The molecule has 3 heteroatoms. The van der Waals surface area contributed by atoms with Crippen molar-refractivity contribution in [2.24, 2.45) is 0 Å². The van der Waals surface area contributed by atoms with Crippen LogP contribution in [0.4, 0.5) is 0 Å². The molecule has 0 aliphatic rings. The molecule has 0 aliphatic heterocycles. The summed E-state index contributed by atoms with van der Waals surface area (Å²) in [4.78, 5) is 0. The van der Waals surface area contributed by atoms with E-state index in [0.29, 0.717) is 13.2 Å². The van der Waals surface area contributed by atoms with Gasteiger partial charge in [-0.05, 0) is 12.8 Å². The lowest BCUT2D eigenvalue weighted by Crippen LogP contribution is -2.15. The highest BCUT2D eigenvalue weighted by Crippen LogP contribution is 2.11. The van der Waals surface area contributed by atoms with E-state index in [1.807, 2.05) is 0 Å². The van der Waals surface area contributed by atoms with Crippen molar-refractivity contribution in [3.8, 4) is 0 Å². The highest BCUT2D eigenvalue weighted by atomic mass is 35.5. The first kappa shape index (κ1) is 15.5. The van der Waals surface area contributed by atoms with E-state index in [2.05, 4.69) is 13.8 Å². The minimum atomic E-state index is 0.153. The Morgan fingerprint density at radius 2 is 1.27 bits per heavy atom. The van der Waals surface area contributed by atoms with E-state index in [0.717, 1.165) is 12.8 Å². The highest BCUT2D eigenvalue weighted by molar-refractivity contribution is 6.21. The molecule has 2 unspecified atom stereocenters. The van der Waals surface area contributed by atoms with Gasteiger partial charge in [0.05, 0.1) is 24.0 Å². The maximum absolute atomic E-state index is 6.08. The second-order valence-electron chi connectivity index (χ2n) is 4.02. The number of rotatable bonds is 10. The van der Waals surface area contributed by atoms with Gasteiger partial charge in [0.1, 0.15) is 0 Å². The second kappa shape index (κ2) is 11.0. The SMILES string of the molecule is CCCCC(Cl)COCC(Cl)CCCC. The summed E-state index contributed by atoms with van der Waals surface area (Å²) < 4.78 is 5.49. The maximum Gasteiger partial charge on any atom is 0.0630 e. The molecule has 92 valence electrons. The van der Waals surface area contributed by atoms with Gasteiger partial charge in [-0.1, -0.05) is 39.5 Å². The van der Waals surface area contributed by atoms with Crippen LogP contribution in [0.3, 0.4) is 0 Å². The molecule has 15 heavy (non-hydrogen) atoms. The van der Waals surface area contributed by atoms with Crippen molar-refractivity contribution in [3.05, 3.63) is 0 Å². The van der Waals surface area contributed by atoms with Crippen molar-refractivity contribution in [2.75, 3.05) is 13.2 Å². The summed E-state index contributed by atoms with van der Waals surface area (Å²) in [5, 5.41) is 0.306. The van der Waals surface area contributed by atoms with E-state index >= 15 is 0 Å². The minimum absolute atomic E-state index is 0.153. The predicted molar refractivity (Wildman–Crippen MR) is 69.2 cm³/mol. The molecule has 0 spiro atoms. The van der Waals surface area contributed by atoms with Crippen LogP contribution in [0.25, 0.3) is 0 Å². The van der Waals surface area contributed by atoms with Gasteiger partial charge in [0.2, 0.25) is 0 Å². The van der Waals surface area contributed by atoms with Gasteiger partial charge in [0.25, 0.3) is 0 Å². The maximum atomic E-state index is 6.08. The summed E-state index contributed by atoms with van der Waals surface area (Å²) >= 11 is 12.2. The fourth-order valence-corrected chi connectivity index (χ4v) is 1.83. The van der Waals surface area contributed by atoms with Gasteiger partial charge in [-0.3, -0.25) is 0 Å². The Morgan fingerprint density at radius 3 is 1.60 bits per heavy atom. The Bertz CT molecular complexity index is 117. The number of unbranched alkanes of at least 4 members (excludes halogenated alkanes) is 2. The Balaban J connectivity index is 3.27. The molecule has 0 aromatic carbocycles. The van der Waals surface area contributed by atoms with Crippen molar-refractivity contribution in [1.29, 1.82) is 0 Å². The summed E-state index contributed by atoms with van der Waals surface area (Å²) in [5.74, 6) is 0. The Morgan fingerprint density at radius 1 is 0.867 bits per heavy atom. The Labute approximate surface area is 104 Å².